The van der Waals surface area contributed by atoms with E-state index in [1.54, 1.807) is 30.3 Å². The largest absolute Gasteiger partial charge is 0.359 e. The molecule has 3 aliphatic rings. The summed E-state index contributed by atoms with van der Waals surface area (Å²) in [6, 6.07) is 3.03. The van der Waals surface area contributed by atoms with Gasteiger partial charge in [0.05, 0.1) is 12.2 Å². The Morgan fingerprint density at radius 1 is 1.33 bits per heavy atom. The van der Waals surface area contributed by atoms with Crippen LogP contribution in [0.25, 0.3) is 0 Å². The molecule has 3 amide bonds. The van der Waals surface area contributed by atoms with Gasteiger partial charge in [0.15, 0.2) is 5.78 Å². The van der Waals surface area contributed by atoms with Crippen molar-refractivity contribution in [1.29, 1.82) is 0 Å². The van der Waals surface area contributed by atoms with E-state index >= 15 is 0 Å². The molecule has 2 saturated carbocycles. The van der Waals surface area contributed by atoms with E-state index in [-0.39, 0.29) is 30.2 Å². The van der Waals surface area contributed by atoms with Gasteiger partial charge >= 0.3 is 6.03 Å². The van der Waals surface area contributed by atoms with E-state index in [0.717, 1.165) is 17.7 Å². The number of rotatable bonds is 4. The van der Waals surface area contributed by atoms with Crippen molar-refractivity contribution in [1.82, 2.24) is 14.8 Å². The summed E-state index contributed by atoms with van der Waals surface area (Å²) in [5.74, 6) is 0.976. The Morgan fingerprint density at radius 2 is 2.12 bits per heavy atom. The molecule has 6 nitrogen and oxygen atoms in total. The minimum Gasteiger partial charge on any atom is -0.359 e. The average molecular weight is 329 g/mol. The highest BCUT2D eigenvalue weighted by Gasteiger charge is 2.61. The van der Waals surface area contributed by atoms with Crippen molar-refractivity contribution in [2.24, 2.45) is 17.8 Å². The maximum absolute atomic E-state index is 13.1. The van der Waals surface area contributed by atoms with E-state index in [2.05, 4.69) is 4.98 Å². The van der Waals surface area contributed by atoms with Crippen LogP contribution in [0.5, 0.6) is 0 Å². The molecule has 6 heteroatoms. The summed E-state index contributed by atoms with van der Waals surface area (Å²) >= 11 is 0. The lowest BCUT2D eigenvalue weighted by Gasteiger charge is -2.39. The van der Waals surface area contributed by atoms with Gasteiger partial charge in [-0.05, 0) is 56.1 Å². The zero-order chi connectivity index (χ0) is 17.1. The number of nitrogens with zero attached hydrogens (tertiary/aromatic N) is 2. The number of amides is 3. The summed E-state index contributed by atoms with van der Waals surface area (Å²) in [6.45, 7) is 1.69. The normalized spacial score (nSPS) is 35.3. The van der Waals surface area contributed by atoms with Crippen molar-refractivity contribution in [3.05, 3.63) is 24.0 Å². The van der Waals surface area contributed by atoms with Crippen LogP contribution in [0.2, 0.25) is 0 Å². The molecule has 1 aromatic rings. The second-order valence-corrected chi connectivity index (χ2v) is 7.67. The van der Waals surface area contributed by atoms with Crippen LogP contribution in [0, 0.1) is 17.8 Å². The number of nitrogens with one attached hydrogen (secondary N) is 1. The second kappa shape index (κ2) is 5.19. The molecule has 4 rings (SSSR count). The monoisotopic (exact) mass is 329 g/mol. The van der Waals surface area contributed by atoms with Crippen molar-refractivity contribution in [2.45, 2.75) is 38.1 Å². The lowest BCUT2D eigenvalue weighted by atomic mass is 9.74. The first-order valence-corrected chi connectivity index (χ1v) is 8.69. The van der Waals surface area contributed by atoms with Gasteiger partial charge in [0, 0.05) is 13.2 Å². The van der Waals surface area contributed by atoms with Crippen LogP contribution in [-0.4, -0.2) is 51.6 Å². The van der Waals surface area contributed by atoms with Gasteiger partial charge in [0.25, 0.3) is 5.91 Å². The van der Waals surface area contributed by atoms with Crippen LogP contribution in [0.1, 0.15) is 43.1 Å². The number of hydrogen-bond acceptors (Lipinski definition) is 3. The van der Waals surface area contributed by atoms with Crippen molar-refractivity contribution in [3.8, 4) is 0 Å². The lowest BCUT2D eigenvalue weighted by Crippen LogP contribution is -2.53. The number of carbonyl (C=O) groups excluding carboxylic acids is 3. The number of likely N-dealkylation sites (N-methyl/N-ethyl adjacent to an activating group) is 1. The molecule has 3 fully saturated rings. The zero-order valence-electron chi connectivity index (χ0n) is 14.1. The van der Waals surface area contributed by atoms with Gasteiger partial charge in [0.2, 0.25) is 0 Å². The SMILES string of the molecule is CN1C(=O)N(CC(=O)c2ccc[nH]2)C(=O)C1(C)C1C[C@@H]2CC[C@@H]1C2. The molecule has 0 aromatic carbocycles. The fourth-order valence-electron chi connectivity index (χ4n) is 5.10. The van der Waals surface area contributed by atoms with Gasteiger partial charge in [-0.15, -0.1) is 0 Å². The van der Waals surface area contributed by atoms with E-state index in [1.165, 1.54) is 12.8 Å². The van der Waals surface area contributed by atoms with Gasteiger partial charge in [-0.2, -0.15) is 0 Å². The highest BCUT2D eigenvalue weighted by molar-refractivity contribution is 6.10. The third-order valence-corrected chi connectivity index (χ3v) is 6.55. The summed E-state index contributed by atoms with van der Waals surface area (Å²) in [6.07, 6.45) is 6.26. The highest BCUT2D eigenvalue weighted by Crippen LogP contribution is 2.54. The predicted octanol–water partition coefficient (Wildman–Crippen LogP) is 2.29. The van der Waals surface area contributed by atoms with E-state index < -0.39 is 5.54 Å². The number of urea groups is 1. The Hall–Kier alpha value is -2.11. The van der Waals surface area contributed by atoms with Gasteiger partial charge in [0.1, 0.15) is 5.54 Å². The first kappa shape index (κ1) is 15.4. The molecule has 128 valence electrons. The van der Waals surface area contributed by atoms with Crippen LogP contribution in [0.15, 0.2) is 18.3 Å². The maximum atomic E-state index is 13.1. The minimum absolute atomic E-state index is 0.196. The van der Waals surface area contributed by atoms with Crippen molar-refractivity contribution in [3.63, 3.8) is 0 Å². The third kappa shape index (κ3) is 1.98. The molecule has 1 N–H and O–H groups in total. The topological polar surface area (TPSA) is 73.5 Å². The number of hydrogen-bond donors (Lipinski definition) is 1. The van der Waals surface area contributed by atoms with Crippen molar-refractivity contribution in [2.75, 3.05) is 13.6 Å². The standard InChI is InChI=1S/C18H23N3O3/c1-18(13-9-11-5-6-12(13)8-11)16(23)21(17(24)20(18)2)10-15(22)14-4-3-7-19-14/h3-4,7,11-13,19H,5-6,8-10H2,1-2H3/t11-,12-,13?,18?/m1/s1. The summed E-state index contributed by atoms with van der Waals surface area (Å²) in [7, 11) is 1.70. The minimum atomic E-state index is -0.813. The lowest BCUT2D eigenvalue weighted by molar-refractivity contribution is -0.135. The van der Waals surface area contributed by atoms with Crippen LogP contribution in [0.3, 0.4) is 0 Å². The Kier molecular flexibility index (Phi) is 3.34. The van der Waals surface area contributed by atoms with E-state index in [0.29, 0.717) is 17.5 Å². The van der Waals surface area contributed by atoms with Crippen LogP contribution < -0.4 is 0 Å². The first-order valence-electron chi connectivity index (χ1n) is 8.69. The molecule has 0 spiro atoms. The fraction of sp³-hybridized carbons (Fsp3) is 0.611. The van der Waals surface area contributed by atoms with E-state index in [4.69, 9.17) is 0 Å². The molecule has 2 unspecified atom stereocenters. The van der Waals surface area contributed by atoms with Gasteiger partial charge in [-0.3, -0.25) is 14.5 Å². The van der Waals surface area contributed by atoms with Crippen LogP contribution in [0.4, 0.5) is 4.79 Å². The summed E-state index contributed by atoms with van der Waals surface area (Å²) < 4.78 is 0. The maximum Gasteiger partial charge on any atom is 0.327 e. The number of carbonyl (C=O) groups is 3. The van der Waals surface area contributed by atoms with Crippen molar-refractivity contribution < 1.29 is 14.4 Å². The predicted molar refractivity (Wildman–Crippen MR) is 87.3 cm³/mol. The summed E-state index contributed by atoms with van der Waals surface area (Å²) in [4.78, 5) is 43.7. The first-order chi connectivity index (χ1) is 11.4. The van der Waals surface area contributed by atoms with Crippen LogP contribution >= 0.6 is 0 Å². The summed E-state index contributed by atoms with van der Waals surface area (Å²) in [5.41, 5.74) is -0.390. The highest BCUT2D eigenvalue weighted by atomic mass is 16.2. The van der Waals surface area contributed by atoms with E-state index in [9.17, 15) is 14.4 Å². The molecule has 4 atom stereocenters. The second-order valence-electron chi connectivity index (χ2n) is 7.67. The molecular formula is C18H23N3O3. The Balaban J connectivity index is 1.58. The van der Waals surface area contributed by atoms with Crippen molar-refractivity contribution >= 4 is 17.7 Å². The van der Waals surface area contributed by atoms with E-state index in [1.807, 2.05) is 6.92 Å². The number of H-pyrrole nitrogens is 1. The zero-order valence-corrected chi connectivity index (χ0v) is 14.1. The Morgan fingerprint density at radius 3 is 2.71 bits per heavy atom. The molecule has 1 saturated heterocycles. The van der Waals surface area contributed by atoms with Crippen LogP contribution in [-0.2, 0) is 4.79 Å². The molecule has 24 heavy (non-hydrogen) atoms. The number of aromatic nitrogens is 1. The number of imide groups is 1. The Bertz CT molecular complexity index is 698. The number of Topliss-reactive ketones (excluding diaryl/α,β-unsaturated/α-hetero) is 1. The van der Waals surface area contributed by atoms with Gasteiger partial charge in [-0.25, -0.2) is 4.79 Å². The van der Waals surface area contributed by atoms with Gasteiger partial charge < -0.3 is 9.88 Å². The molecular weight excluding hydrogens is 306 g/mol. The quantitative estimate of drug-likeness (QED) is 0.680. The molecule has 2 aliphatic carbocycles. The molecule has 1 aliphatic heterocycles. The van der Waals surface area contributed by atoms with Gasteiger partial charge in [-0.1, -0.05) is 6.42 Å². The smallest absolute Gasteiger partial charge is 0.327 e. The summed E-state index contributed by atoms with van der Waals surface area (Å²) in [5, 5.41) is 0. The average Bonchev–Trinajstić information content (AvgIpc) is 3.35. The Labute approximate surface area is 141 Å². The third-order valence-electron chi connectivity index (χ3n) is 6.55. The molecule has 2 heterocycles. The fourth-order valence-corrected chi connectivity index (χ4v) is 5.10. The number of aromatic amines is 1. The number of ketones is 1. The molecule has 2 bridgehead atoms. The molecule has 1 aromatic heterocycles. The molecule has 0 radical (unpaired) electrons. The number of fused-ring (bicyclic) bond motifs is 2.